The molecule has 0 aromatic carbocycles. The molecule has 0 unspecified atom stereocenters. The molecule has 0 spiro atoms. The lowest BCUT2D eigenvalue weighted by Gasteiger charge is -2.05. The maximum atomic E-state index is 11.1. The van der Waals surface area contributed by atoms with E-state index in [1.165, 1.54) is 38.5 Å². The van der Waals surface area contributed by atoms with E-state index in [1.807, 2.05) is 0 Å². The molecule has 0 aliphatic rings. The van der Waals surface area contributed by atoms with Crippen LogP contribution < -0.4 is 0 Å². The first-order valence-electron chi connectivity index (χ1n) is 7.60. The van der Waals surface area contributed by atoms with Gasteiger partial charge in [0, 0.05) is 0 Å². The van der Waals surface area contributed by atoms with Crippen molar-refractivity contribution in [2.24, 2.45) is 0 Å². The van der Waals surface area contributed by atoms with Crippen molar-refractivity contribution in [2.75, 3.05) is 13.2 Å². The monoisotopic (exact) mass is 258 g/mol. The third-order valence-electron chi connectivity index (χ3n) is 2.94. The smallest absolute Gasteiger partial charge is 0.434 e. The van der Waals surface area contributed by atoms with Crippen LogP contribution in [0.5, 0.6) is 0 Å². The van der Waals surface area contributed by atoms with Crippen molar-refractivity contribution in [3.8, 4) is 0 Å². The minimum atomic E-state index is -0.508. The predicted octanol–water partition coefficient (Wildman–Crippen LogP) is 5.08. The van der Waals surface area contributed by atoms with Gasteiger partial charge in [0.1, 0.15) is 0 Å². The number of rotatable bonds is 12. The lowest BCUT2D eigenvalue weighted by atomic mass is 10.1. The molecule has 0 bridgehead atoms. The largest absolute Gasteiger partial charge is 0.508 e. The van der Waals surface area contributed by atoms with Crippen molar-refractivity contribution < 1.29 is 14.3 Å². The summed E-state index contributed by atoms with van der Waals surface area (Å²) >= 11 is 0. The molecule has 18 heavy (non-hydrogen) atoms. The molecule has 0 aliphatic carbocycles. The Kier molecular flexibility index (Phi) is 13.8. The van der Waals surface area contributed by atoms with Gasteiger partial charge in [-0.1, -0.05) is 65.2 Å². The van der Waals surface area contributed by atoms with E-state index in [-0.39, 0.29) is 0 Å². The average molecular weight is 258 g/mol. The molecule has 0 aromatic rings. The van der Waals surface area contributed by atoms with Crippen molar-refractivity contribution in [2.45, 2.75) is 78.1 Å². The molecule has 0 aliphatic heterocycles. The fraction of sp³-hybridized carbons (Fsp3) is 0.933. The molecule has 0 radical (unpaired) electrons. The zero-order chi connectivity index (χ0) is 13.5. The Hall–Kier alpha value is -0.730. The van der Waals surface area contributed by atoms with E-state index in [2.05, 4.69) is 13.8 Å². The van der Waals surface area contributed by atoms with Gasteiger partial charge < -0.3 is 9.47 Å². The summed E-state index contributed by atoms with van der Waals surface area (Å²) in [6.45, 7) is 5.28. The third kappa shape index (κ3) is 13.3. The van der Waals surface area contributed by atoms with Gasteiger partial charge in [0.2, 0.25) is 0 Å². The standard InChI is InChI=1S/C15H30O3/c1-3-5-7-8-9-10-11-12-14-18-15(16)17-13-6-4-2/h3-14H2,1-2H3. The molecule has 0 fully saturated rings. The van der Waals surface area contributed by atoms with Crippen molar-refractivity contribution in [3.05, 3.63) is 0 Å². The van der Waals surface area contributed by atoms with E-state index in [4.69, 9.17) is 9.47 Å². The van der Waals surface area contributed by atoms with Crippen molar-refractivity contribution in [1.82, 2.24) is 0 Å². The highest BCUT2D eigenvalue weighted by molar-refractivity contribution is 5.59. The molecule has 0 N–H and O–H groups in total. The summed E-state index contributed by atoms with van der Waals surface area (Å²) in [6, 6.07) is 0. The van der Waals surface area contributed by atoms with Gasteiger partial charge in [-0.05, 0) is 12.8 Å². The molecule has 0 amide bonds. The van der Waals surface area contributed by atoms with Gasteiger partial charge in [-0.15, -0.1) is 0 Å². The minimum absolute atomic E-state index is 0.479. The molecular weight excluding hydrogens is 228 g/mol. The summed E-state index contributed by atoms with van der Waals surface area (Å²) in [6.07, 6.45) is 11.4. The van der Waals surface area contributed by atoms with Crippen LogP contribution in [0.4, 0.5) is 4.79 Å². The number of unbranched alkanes of at least 4 members (excludes halogenated alkanes) is 8. The molecule has 3 nitrogen and oxygen atoms in total. The van der Waals surface area contributed by atoms with Crippen LogP contribution in [-0.2, 0) is 9.47 Å². The van der Waals surface area contributed by atoms with Crippen LogP contribution in [0.2, 0.25) is 0 Å². The molecule has 0 saturated carbocycles. The van der Waals surface area contributed by atoms with E-state index in [1.54, 1.807) is 0 Å². The molecule has 0 atom stereocenters. The highest BCUT2D eigenvalue weighted by Crippen LogP contribution is 2.08. The fourth-order valence-corrected chi connectivity index (χ4v) is 1.73. The summed E-state index contributed by atoms with van der Waals surface area (Å²) in [4.78, 5) is 11.1. The van der Waals surface area contributed by atoms with E-state index < -0.39 is 6.16 Å². The molecular formula is C15H30O3. The van der Waals surface area contributed by atoms with Crippen molar-refractivity contribution in [3.63, 3.8) is 0 Å². The van der Waals surface area contributed by atoms with Gasteiger partial charge in [-0.3, -0.25) is 0 Å². The first-order valence-corrected chi connectivity index (χ1v) is 7.60. The Balaban J connectivity index is 3.08. The van der Waals surface area contributed by atoms with Gasteiger partial charge in [-0.2, -0.15) is 0 Å². The van der Waals surface area contributed by atoms with Crippen LogP contribution in [0.1, 0.15) is 78.1 Å². The summed E-state index contributed by atoms with van der Waals surface area (Å²) in [5.41, 5.74) is 0. The van der Waals surface area contributed by atoms with Gasteiger partial charge in [0.05, 0.1) is 13.2 Å². The summed E-state index contributed by atoms with van der Waals surface area (Å²) in [7, 11) is 0. The molecule has 0 saturated heterocycles. The Morgan fingerprint density at radius 1 is 0.667 bits per heavy atom. The lowest BCUT2D eigenvalue weighted by Crippen LogP contribution is -2.09. The number of hydrogen-bond donors (Lipinski definition) is 0. The van der Waals surface area contributed by atoms with Gasteiger partial charge in [-0.25, -0.2) is 4.79 Å². The normalized spacial score (nSPS) is 10.3. The summed E-state index contributed by atoms with van der Waals surface area (Å²) in [5, 5.41) is 0. The molecule has 0 heterocycles. The quantitative estimate of drug-likeness (QED) is 0.362. The molecule has 108 valence electrons. The molecule has 0 aromatic heterocycles. The Labute approximate surface area is 112 Å². The van der Waals surface area contributed by atoms with Crippen LogP contribution in [0.25, 0.3) is 0 Å². The third-order valence-corrected chi connectivity index (χ3v) is 2.94. The van der Waals surface area contributed by atoms with Gasteiger partial charge in [0.25, 0.3) is 0 Å². The summed E-state index contributed by atoms with van der Waals surface area (Å²) < 4.78 is 9.87. The second-order valence-electron chi connectivity index (χ2n) is 4.78. The van der Waals surface area contributed by atoms with Crippen LogP contribution in [0.3, 0.4) is 0 Å². The van der Waals surface area contributed by atoms with E-state index in [0.29, 0.717) is 13.2 Å². The lowest BCUT2D eigenvalue weighted by molar-refractivity contribution is 0.0532. The second-order valence-corrected chi connectivity index (χ2v) is 4.78. The highest BCUT2D eigenvalue weighted by atomic mass is 16.7. The number of carbonyl (C=O) groups is 1. The first kappa shape index (κ1) is 17.3. The highest BCUT2D eigenvalue weighted by Gasteiger charge is 2.02. The second kappa shape index (κ2) is 14.3. The molecule has 0 rings (SSSR count). The maximum Gasteiger partial charge on any atom is 0.508 e. The van der Waals surface area contributed by atoms with Crippen molar-refractivity contribution in [1.29, 1.82) is 0 Å². The zero-order valence-corrected chi connectivity index (χ0v) is 12.2. The minimum Gasteiger partial charge on any atom is -0.434 e. The SMILES string of the molecule is CCCCCCCCCCOC(=O)OCCCC. The fourth-order valence-electron chi connectivity index (χ4n) is 1.73. The number of ether oxygens (including phenoxy) is 2. The van der Waals surface area contributed by atoms with Crippen LogP contribution in [0.15, 0.2) is 0 Å². The predicted molar refractivity (Wildman–Crippen MR) is 74.8 cm³/mol. The Bertz CT molecular complexity index is 181. The van der Waals surface area contributed by atoms with Crippen LogP contribution >= 0.6 is 0 Å². The van der Waals surface area contributed by atoms with Gasteiger partial charge >= 0.3 is 6.16 Å². The van der Waals surface area contributed by atoms with Crippen LogP contribution in [-0.4, -0.2) is 19.4 Å². The van der Waals surface area contributed by atoms with Crippen molar-refractivity contribution >= 4 is 6.16 Å². The first-order chi connectivity index (χ1) is 8.81. The van der Waals surface area contributed by atoms with E-state index in [0.717, 1.165) is 25.7 Å². The molecule has 3 heteroatoms. The number of hydrogen-bond acceptors (Lipinski definition) is 3. The summed E-state index contributed by atoms with van der Waals surface area (Å²) in [5.74, 6) is 0. The zero-order valence-electron chi connectivity index (χ0n) is 12.2. The average Bonchev–Trinajstić information content (AvgIpc) is 2.37. The maximum absolute atomic E-state index is 11.1. The topological polar surface area (TPSA) is 35.5 Å². The van der Waals surface area contributed by atoms with E-state index >= 15 is 0 Å². The van der Waals surface area contributed by atoms with E-state index in [9.17, 15) is 4.79 Å². The Morgan fingerprint density at radius 2 is 1.11 bits per heavy atom. The van der Waals surface area contributed by atoms with Crippen LogP contribution in [0, 0.1) is 0 Å². The Morgan fingerprint density at radius 3 is 1.67 bits per heavy atom. The number of carbonyl (C=O) groups excluding carboxylic acids is 1. The van der Waals surface area contributed by atoms with Gasteiger partial charge in [0.15, 0.2) is 0 Å².